The molecule has 96 valence electrons. The molecule has 0 unspecified atom stereocenters. The minimum atomic E-state index is -0.328. The molecule has 1 aromatic rings. The third-order valence-corrected chi connectivity index (χ3v) is 3.35. The Bertz CT molecular complexity index is 469. The Hall–Kier alpha value is -1.58. The molecule has 0 atom stereocenters. The van der Waals surface area contributed by atoms with Gasteiger partial charge in [-0.2, -0.15) is 0 Å². The average molecular weight is 266 g/mol. The summed E-state index contributed by atoms with van der Waals surface area (Å²) in [5.74, 6) is 5.28. The van der Waals surface area contributed by atoms with Gasteiger partial charge in [-0.15, -0.1) is 11.3 Å². The second-order valence-electron chi connectivity index (χ2n) is 3.67. The first-order valence-electron chi connectivity index (χ1n) is 5.63. The van der Waals surface area contributed by atoms with E-state index in [4.69, 9.17) is 4.74 Å². The zero-order valence-corrected chi connectivity index (χ0v) is 11.0. The second kappa shape index (κ2) is 6.38. The fraction of sp³-hybridized carbons (Fsp3) is 0.500. The van der Waals surface area contributed by atoms with Gasteiger partial charge < -0.3 is 14.4 Å². The van der Waals surface area contributed by atoms with E-state index >= 15 is 0 Å². The summed E-state index contributed by atoms with van der Waals surface area (Å²) in [7, 11) is 1.35. The summed E-state index contributed by atoms with van der Waals surface area (Å²) in [5, 5.41) is 2.86. The number of thiazole rings is 1. The van der Waals surface area contributed by atoms with E-state index in [1.54, 1.807) is 11.3 Å². The SMILES string of the molecule is COC(=O)CC#Cc1csc(N2CCOCC2)n1. The van der Waals surface area contributed by atoms with Gasteiger partial charge >= 0.3 is 5.97 Å². The summed E-state index contributed by atoms with van der Waals surface area (Å²) >= 11 is 1.56. The maximum absolute atomic E-state index is 10.9. The number of esters is 1. The van der Waals surface area contributed by atoms with Crippen LogP contribution < -0.4 is 4.90 Å². The van der Waals surface area contributed by atoms with Gasteiger partial charge in [0.25, 0.3) is 0 Å². The van der Waals surface area contributed by atoms with Crippen molar-refractivity contribution >= 4 is 22.4 Å². The van der Waals surface area contributed by atoms with E-state index < -0.39 is 0 Å². The highest BCUT2D eigenvalue weighted by molar-refractivity contribution is 7.13. The van der Waals surface area contributed by atoms with Crippen LogP contribution in [0.2, 0.25) is 0 Å². The molecule has 0 amide bonds. The lowest BCUT2D eigenvalue weighted by atomic mass is 10.4. The zero-order valence-electron chi connectivity index (χ0n) is 10.1. The molecule has 1 aromatic heterocycles. The molecule has 18 heavy (non-hydrogen) atoms. The molecule has 1 saturated heterocycles. The van der Waals surface area contributed by atoms with E-state index in [2.05, 4.69) is 26.5 Å². The summed E-state index contributed by atoms with van der Waals surface area (Å²) in [6.07, 6.45) is 0.0981. The fourth-order valence-corrected chi connectivity index (χ4v) is 2.31. The molecule has 0 spiro atoms. The van der Waals surface area contributed by atoms with Crippen LogP contribution in [0.1, 0.15) is 12.1 Å². The number of hydrogen-bond acceptors (Lipinski definition) is 6. The van der Waals surface area contributed by atoms with Crippen molar-refractivity contribution in [3.05, 3.63) is 11.1 Å². The summed E-state index contributed by atoms with van der Waals surface area (Å²) in [6.45, 7) is 3.21. The number of carbonyl (C=O) groups is 1. The third-order valence-electron chi connectivity index (χ3n) is 2.45. The van der Waals surface area contributed by atoms with E-state index in [1.165, 1.54) is 7.11 Å². The lowest BCUT2D eigenvalue weighted by Crippen LogP contribution is -2.36. The number of aromatic nitrogens is 1. The van der Waals surface area contributed by atoms with Crippen LogP contribution in [0.5, 0.6) is 0 Å². The number of ether oxygens (including phenoxy) is 2. The number of anilines is 1. The molecule has 1 fully saturated rings. The molecule has 1 aliphatic rings. The minimum Gasteiger partial charge on any atom is -0.468 e. The van der Waals surface area contributed by atoms with Crippen molar-refractivity contribution in [2.75, 3.05) is 38.3 Å². The number of rotatable bonds is 2. The maximum atomic E-state index is 10.9. The first-order valence-corrected chi connectivity index (χ1v) is 6.51. The molecule has 6 heteroatoms. The monoisotopic (exact) mass is 266 g/mol. The Labute approximate surface area is 110 Å². The van der Waals surface area contributed by atoms with Crippen molar-refractivity contribution in [1.29, 1.82) is 0 Å². The molecule has 0 N–H and O–H groups in total. The van der Waals surface area contributed by atoms with E-state index in [9.17, 15) is 4.79 Å². The standard InChI is InChI=1S/C12H14N2O3S/c1-16-11(15)4-2-3-10-9-18-12(13-10)14-5-7-17-8-6-14/h9H,4-8H2,1H3. The highest BCUT2D eigenvalue weighted by Crippen LogP contribution is 2.20. The van der Waals surface area contributed by atoms with Gasteiger partial charge in [0.1, 0.15) is 12.1 Å². The van der Waals surface area contributed by atoms with Crippen LogP contribution in [0.3, 0.4) is 0 Å². The lowest BCUT2D eigenvalue weighted by Gasteiger charge is -2.25. The molecule has 0 radical (unpaired) electrons. The molecule has 0 aliphatic carbocycles. The molecule has 1 aliphatic heterocycles. The number of carbonyl (C=O) groups excluding carboxylic acids is 1. The second-order valence-corrected chi connectivity index (χ2v) is 4.51. The quantitative estimate of drug-likeness (QED) is 0.588. The Kier molecular flexibility index (Phi) is 4.56. The van der Waals surface area contributed by atoms with Gasteiger partial charge in [0.05, 0.1) is 20.3 Å². The van der Waals surface area contributed by atoms with Crippen LogP contribution in [0.25, 0.3) is 0 Å². The Morgan fingerprint density at radius 3 is 3.11 bits per heavy atom. The van der Waals surface area contributed by atoms with Crippen LogP contribution in [-0.4, -0.2) is 44.4 Å². The number of methoxy groups -OCH3 is 1. The molecular weight excluding hydrogens is 252 g/mol. The van der Waals surface area contributed by atoms with Crippen LogP contribution in [0, 0.1) is 11.8 Å². The van der Waals surface area contributed by atoms with Gasteiger partial charge in [0.2, 0.25) is 0 Å². The topological polar surface area (TPSA) is 51.7 Å². The molecule has 0 aromatic carbocycles. The molecule has 0 bridgehead atoms. The predicted octanol–water partition coefficient (Wildman–Crippen LogP) is 0.894. The van der Waals surface area contributed by atoms with E-state index in [0.29, 0.717) is 5.69 Å². The van der Waals surface area contributed by atoms with E-state index in [0.717, 1.165) is 31.4 Å². The maximum Gasteiger partial charge on any atom is 0.317 e. The number of hydrogen-bond donors (Lipinski definition) is 0. The molecule has 2 rings (SSSR count). The van der Waals surface area contributed by atoms with Gasteiger partial charge in [-0.05, 0) is 5.92 Å². The van der Waals surface area contributed by atoms with Gasteiger partial charge in [0.15, 0.2) is 5.13 Å². The summed E-state index contributed by atoms with van der Waals surface area (Å²) < 4.78 is 9.79. The van der Waals surface area contributed by atoms with Gasteiger partial charge in [0, 0.05) is 18.5 Å². The van der Waals surface area contributed by atoms with Gasteiger partial charge in [-0.25, -0.2) is 4.98 Å². The number of nitrogens with zero attached hydrogens (tertiary/aromatic N) is 2. The van der Waals surface area contributed by atoms with Crippen molar-refractivity contribution in [3.63, 3.8) is 0 Å². The van der Waals surface area contributed by atoms with Crippen LogP contribution in [0.15, 0.2) is 5.38 Å². The average Bonchev–Trinajstić information content (AvgIpc) is 2.88. The third kappa shape index (κ3) is 3.45. The predicted molar refractivity (Wildman–Crippen MR) is 68.7 cm³/mol. The zero-order chi connectivity index (χ0) is 12.8. The summed E-state index contributed by atoms with van der Waals surface area (Å²) in [5.41, 5.74) is 0.699. The van der Waals surface area contributed by atoms with Crippen LogP contribution >= 0.6 is 11.3 Å². The molecule has 5 nitrogen and oxygen atoms in total. The van der Waals surface area contributed by atoms with E-state index in [1.807, 2.05) is 5.38 Å². The number of morpholine rings is 1. The van der Waals surface area contributed by atoms with Crippen molar-refractivity contribution in [3.8, 4) is 11.8 Å². The smallest absolute Gasteiger partial charge is 0.317 e. The first kappa shape index (κ1) is 12.9. The molecular formula is C12H14N2O3S. The van der Waals surface area contributed by atoms with Gasteiger partial charge in [-0.1, -0.05) is 5.92 Å². The Morgan fingerprint density at radius 2 is 2.39 bits per heavy atom. The molecule has 0 saturated carbocycles. The Balaban J connectivity index is 1.95. The van der Waals surface area contributed by atoms with Crippen molar-refractivity contribution in [2.24, 2.45) is 0 Å². The lowest BCUT2D eigenvalue weighted by molar-refractivity contribution is -0.139. The summed E-state index contributed by atoms with van der Waals surface area (Å²) in [6, 6.07) is 0. The largest absolute Gasteiger partial charge is 0.468 e. The highest BCUT2D eigenvalue weighted by Gasteiger charge is 2.13. The van der Waals surface area contributed by atoms with Crippen molar-refractivity contribution < 1.29 is 14.3 Å². The van der Waals surface area contributed by atoms with Crippen LogP contribution in [0.4, 0.5) is 5.13 Å². The van der Waals surface area contributed by atoms with Gasteiger partial charge in [-0.3, -0.25) is 4.79 Å². The fourth-order valence-electron chi connectivity index (χ4n) is 1.50. The van der Waals surface area contributed by atoms with E-state index in [-0.39, 0.29) is 12.4 Å². The van der Waals surface area contributed by atoms with Crippen molar-refractivity contribution in [2.45, 2.75) is 6.42 Å². The van der Waals surface area contributed by atoms with Crippen LogP contribution in [-0.2, 0) is 14.3 Å². The Morgan fingerprint density at radius 1 is 1.61 bits per heavy atom. The molecule has 2 heterocycles. The first-order chi connectivity index (χ1) is 8.79. The summed E-state index contributed by atoms with van der Waals surface area (Å²) in [4.78, 5) is 17.5. The highest BCUT2D eigenvalue weighted by atomic mass is 32.1. The minimum absolute atomic E-state index is 0.0981. The normalized spacial score (nSPS) is 14.8. The van der Waals surface area contributed by atoms with Crippen molar-refractivity contribution in [1.82, 2.24) is 4.98 Å².